The summed E-state index contributed by atoms with van der Waals surface area (Å²) in [4.78, 5) is 37.9. The van der Waals surface area contributed by atoms with Gasteiger partial charge >= 0.3 is 17.9 Å². The minimum Gasteiger partial charge on any atom is -0.465 e. The first-order valence-electron chi connectivity index (χ1n) is 12.5. The van der Waals surface area contributed by atoms with E-state index in [-0.39, 0.29) is 55.5 Å². The summed E-state index contributed by atoms with van der Waals surface area (Å²) in [6.07, 6.45) is 19.9. The van der Waals surface area contributed by atoms with E-state index in [1.54, 1.807) is 0 Å². The van der Waals surface area contributed by atoms with E-state index < -0.39 is 5.41 Å². The van der Waals surface area contributed by atoms with Crippen molar-refractivity contribution in [3.05, 3.63) is 36.5 Å². The lowest BCUT2D eigenvalue weighted by atomic mass is 9.87. The second-order valence-electron chi connectivity index (χ2n) is 9.62. The summed E-state index contributed by atoms with van der Waals surface area (Å²) in [5.41, 5.74) is -0.750. The van der Waals surface area contributed by atoms with E-state index in [2.05, 4.69) is 18.2 Å². The van der Waals surface area contributed by atoms with Crippen molar-refractivity contribution in [2.45, 2.75) is 71.1 Å². The van der Waals surface area contributed by atoms with E-state index in [4.69, 9.17) is 14.2 Å². The lowest BCUT2D eigenvalue weighted by Gasteiger charge is -2.33. The topological polar surface area (TPSA) is 78.9 Å². The molecule has 33 heavy (non-hydrogen) atoms. The molecule has 0 aromatic heterocycles. The van der Waals surface area contributed by atoms with Gasteiger partial charge in [0.25, 0.3) is 0 Å². The molecule has 3 atom stereocenters. The van der Waals surface area contributed by atoms with Crippen LogP contribution in [0.1, 0.15) is 71.1 Å². The SMILES string of the molecule is CCC(COC(=O)C1CC=CCC1)(COC(=O)C1CC=CCC1)COC(=O)C1CC=CCC1. The van der Waals surface area contributed by atoms with Gasteiger partial charge in [0, 0.05) is 0 Å². The highest BCUT2D eigenvalue weighted by Gasteiger charge is 2.36. The number of allylic oxidation sites excluding steroid dienone is 6. The van der Waals surface area contributed by atoms with Crippen molar-refractivity contribution in [2.75, 3.05) is 19.8 Å². The van der Waals surface area contributed by atoms with E-state index in [1.165, 1.54) is 0 Å². The van der Waals surface area contributed by atoms with Crippen LogP contribution in [0.5, 0.6) is 0 Å². The smallest absolute Gasteiger partial charge is 0.309 e. The zero-order chi connectivity index (χ0) is 23.5. The van der Waals surface area contributed by atoms with Crippen molar-refractivity contribution >= 4 is 17.9 Å². The molecule has 0 spiro atoms. The van der Waals surface area contributed by atoms with Crippen LogP contribution >= 0.6 is 0 Å². The van der Waals surface area contributed by atoms with Crippen molar-refractivity contribution in [3.8, 4) is 0 Å². The number of carbonyl (C=O) groups excluding carboxylic acids is 3. The standard InChI is InChI=1S/C27H38O6/c1-2-27(18-31-24(28)21-12-6-3-7-13-21,19-32-25(29)22-14-8-4-9-15-22)20-33-26(30)23-16-10-5-11-17-23/h3-6,8,10,21-23H,2,7,9,11-20H2,1H3. The van der Waals surface area contributed by atoms with Crippen molar-refractivity contribution in [1.29, 1.82) is 0 Å². The maximum absolute atomic E-state index is 12.6. The van der Waals surface area contributed by atoms with Gasteiger partial charge in [0.2, 0.25) is 0 Å². The van der Waals surface area contributed by atoms with Crippen molar-refractivity contribution in [3.63, 3.8) is 0 Å². The molecule has 0 saturated heterocycles. The van der Waals surface area contributed by atoms with Crippen LogP contribution in [-0.4, -0.2) is 37.7 Å². The Balaban J connectivity index is 1.61. The number of hydrogen-bond acceptors (Lipinski definition) is 6. The minimum absolute atomic E-state index is 0.0677. The predicted molar refractivity (Wildman–Crippen MR) is 125 cm³/mol. The molecule has 6 heteroatoms. The zero-order valence-corrected chi connectivity index (χ0v) is 19.8. The molecule has 0 fully saturated rings. The Morgan fingerprint density at radius 1 is 0.636 bits per heavy atom. The molecule has 0 aliphatic heterocycles. The molecule has 182 valence electrons. The average molecular weight is 459 g/mol. The van der Waals surface area contributed by atoms with E-state index in [9.17, 15) is 14.4 Å². The Morgan fingerprint density at radius 3 is 1.21 bits per heavy atom. The fourth-order valence-electron chi connectivity index (χ4n) is 4.48. The minimum atomic E-state index is -0.750. The van der Waals surface area contributed by atoms with Crippen LogP contribution in [0.25, 0.3) is 0 Å². The lowest BCUT2D eigenvalue weighted by Crippen LogP contribution is -2.41. The lowest BCUT2D eigenvalue weighted by molar-refractivity contribution is -0.167. The highest BCUT2D eigenvalue weighted by Crippen LogP contribution is 2.29. The first-order valence-corrected chi connectivity index (χ1v) is 12.5. The third-order valence-electron chi connectivity index (χ3n) is 7.12. The van der Waals surface area contributed by atoms with Gasteiger partial charge in [0.1, 0.15) is 19.8 Å². The predicted octanol–water partition coefficient (Wildman–Crippen LogP) is 5.08. The molecule has 3 aliphatic carbocycles. The third kappa shape index (κ3) is 7.58. The van der Waals surface area contributed by atoms with Gasteiger partial charge in [0.15, 0.2) is 0 Å². The molecule has 0 saturated carbocycles. The third-order valence-corrected chi connectivity index (χ3v) is 7.12. The quantitative estimate of drug-likeness (QED) is 0.258. The number of rotatable bonds is 10. The molecule has 0 amide bonds. The molecule has 6 nitrogen and oxygen atoms in total. The Kier molecular flexibility index (Phi) is 9.76. The molecular formula is C27H38O6. The first-order chi connectivity index (χ1) is 16.0. The Bertz CT molecular complexity index is 667. The van der Waals surface area contributed by atoms with Gasteiger partial charge in [-0.15, -0.1) is 0 Å². The summed E-state index contributed by atoms with van der Waals surface area (Å²) in [5.74, 6) is -1.12. The van der Waals surface area contributed by atoms with Gasteiger partial charge < -0.3 is 14.2 Å². The number of carbonyl (C=O) groups is 3. The first kappa shape index (κ1) is 25.3. The van der Waals surface area contributed by atoms with Crippen LogP contribution in [-0.2, 0) is 28.6 Å². The maximum Gasteiger partial charge on any atom is 0.309 e. The summed E-state index contributed by atoms with van der Waals surface area (Å²) >= 11 is 0. The van der Waals surface area contributed by atoms with E-state index in [0.717, 1.165) is 38.5 Å². The van der Waals surface area contributed by atoms with E-state index in [1.807, 2.05) is 25.2 Å². The summed E-state index contributed by atoms with van der Waals surface area (Å²) in [7, 11) is 0. The Morgan fingerprint density at radius 2 is 0.970 bits per heavy atom. The molecule has 0 aromatic rings. The summed E-state index contributed by atoms with van der Waals surface area (Å²) < 4.78 is 17.1. The van der Waals surface area contributed by atoms with E-state index >= 15 is 0 Å². The summed E-state index contributed by atoms with van der Waals surface area (Å²) in [5, 5.41) is 0. The van der Waals surface area contributed by atoms with Crippen LogP contribution in [0.4, 0.5) is 0 Å². The number of esters is 3. The summed E-state index contributed by atoms with van der Waals surface area (Å²) in [6, 6.07) is 0. The number of hydrogen-bond donors (Lipinski definition) is 0. The highest BCUT2D eigenvalue weighted by atomic mass is 16.6. The van der Waals surface area contributed by atoms with Crippen LogP contribution in [0.15, 0.2) is 36.5 Å². The monoisotopic (exact) mass is 458 g/mol. The van der Waals surface area contributed by atoms with Crippen molar-refractivity contribution in [2.24, 2.45) is 23.2 Å². The molecule has 0 heterocycles. The fraction of sp³-hybridized carbons (Fsp3) is 0.667. The largest absolute Gasteiger partial charge is 0.465 e. The van der Waals surface area contributed by atoms with Gasteiger partial charge in [0.05, 0.1) is 23.2 Å². The van der Waals surface area contributed by atoms with Gasteiger partial charge in [-0.2, -0.15) is 0 Å². The molecule has 0 bridgehead atoms. The van der Waals surface area contributed by atoms with Gasteiger partial charge in [-0.3, -0.25) is 14.4 Å². The second-order valence-corrected chi connectivity index (χ2v) is 9.62. The zero-order valence-electron chi connectivity index (χ0n) is 19.8. The van der Waals surface area contributed by atoms with Crippen LogP contribution < -0.4 is 0 Å². The molecule has 0 N–H and O–H groups in total. The van der Waals surface area contributed by atoms with Crippen LogP contribution in [0.2, 0.25) is 0 Å². The van der Waals surface area contributed by atoms with Crippen LogP contribution in [0, 0.1) is 23.2 Å². The highest BCUT2D eigenvalue weighted by molar-refractivity contribution is 5.74. The maximum atomic E-state index is 12.6. The van der Waals surface area contributed by atoms with Crippen molar-refractivity contribution < 1.29 is 28.6 Å². The van der Waals surface area contributed by atoms with Gasteiger partial charge in [-0.1, -0.05) is 43.4 Å². The van der Waals surface area contributed by atoms with Gasteiger partial charge in [-0.25, -0.2) is 0 Å². The molecular weight excluding hydrogens is 420 g/mol. The van der Waals surface area contributed by atoms with Gasteiger partial charge in [-0.05, 0) is 64.2 Å². The van der Waals surface area contributed by atoms with E-state index in [0.29, 0.717) is 25.7 Å². The number of ether oxygens (including phenoxy) is 3. The fourth-order valence-corrected chi connectivity index (χ4v) is 4.48. The molecule has 0 aromatic carbocycles. The molecule has 3 rings (SSSR count). The normalized spacial score (nSPS) is 26.3. The molecule has 3 unspecified atom stereocenters. The Hall–Kier alpha value is -2.37. The molecule has 0 radical (unpaired) electrons. The second kappa shape index (κ2) is 12.8. The molecule has 3 aliphatic rings. The van der Waals surface area contributed by atoms with Crippen molar-refractivity contribution in [1.82, 2.24) is 0 Å². The average Bonchev–Trinajstić information content (AvgIpc) is 2.89. The summed E-state index contributed by atoms with van der Waals surface area (Å²) in [6.45, 7) is 2.15. The Labute approximate surface area is 197 Å². The van der Waals surface area contributed by atoms with Crippen LogP contribution in [0.3, 0.4) is 0 Å².